The zero-order valence-electron chi connectivity index (χ0n) is 15.6. The maximum atomic E-state index is 13.9. The van der Waals surface area contributed by atoms with Gasteiger partial charge in [-0.1, -0.05) is 0 Å². The number of piperazine rings is 1. The van der Waals surface area contributed by atoms with Crippen molar-refractivity contribution < 1.29 is 18.0 Å². The fraction of sp³-hybridized carbons (Fsp3) is 0.318. The number of hydrogen-bond donors (Lipinski definition) is 0. The molecule has 0 N–H and O–H groups in total. The third kappa shape index (κ3) is 3.56. The summed E-state index contributed by atoms with van der Waals surface area (Å²) >= 11 is 0. The lowest BCUT2D eigenvalue weighted by Gasteiger charge is -2.34. The summed E-state index contributed by atoms with van der Waals surface area (Å²) in [6.45, 7) is 3.90. The lowest BCUT2D eigenvalue weighted by molar-refractivity contribution is 0.102. The Labute approximate surface area is 162 Å². The molecule has 2 aliphatic rings. The lowest BCUT2D eigenvalue weighted by atomic mass is 9.85. The molecule has 2 aromatic rings. The largest absolute Gasteiger partial charge is 0.369 e. The van der Waals surface area contributed by atoms with Gasteiger partial charge in [0, 0.05) is 54.6 Å². The Bertz CT molecular complexity index is 962. The molecule has 0 atom stereocenters. The van der Waals surface area contributed by atoms with Crippen molar-refractivity contribution in [2.75, 3.05) is 38.1 Å². The fourth-order valence-corrected chi connectivity index (χ4v) is 3.80. The number of ketones is 1. The first-order chi connectivity index (χ1) is 13.4. The van der Waals surface area contributed by atoms with E-state index in [1.54, 1.807) is 0 Å². The highest BCUT2D eigenvalue weighted by atomic mass is 19.2. The molecule has 0 saturated carbocycles. The third-order valence-electron chi connectivity index (χ3n) is 5.53. The zero-order chi connectivity index (χ0) is 19.8. The molecule has 6 heteroatoms. The Morgan fingerprint density at radius 1 is 0.893 bits per heavy atom. The minimum absolute atomic E-state index is 0.111. The van der Waals surface area contributed by atoms with Crippen LogP contribution in [-0.4, -0.2) is 43.9 Å². The Morgan fingerprint density at radius 2 is 1.61 bits per heavy atom. The maximum absolute atomic E-state index is 13.9. The quantitative estimate of drug-likeness (QED) is 0.574. The lowest BCUT2D eigenvalue weighted by Crippen LogP contribution is -2.44. The van der Waals surface area contributed by atoms with Crippen molar-refractivity contribution in [2.45, 2.75) is 12.8 Å². The predicted molar refractivity (Wildman–Crippen MR) is 103 cm³/mol. The SMILES string of the molecule is CN1CCN(c2ccc3c(c2)CC/C(=C\c2cc(F)c(F)cc2F)C3=O)CC1. The van der Waals surface area contributed by atoms with Gasteiger partial charge in [0.15, 0.2) is 17.4 Å². The predicted octanol–water partition coefficient (Wildman–Crippen LogP) is 4.07. The number of allylic oxidation sites excluding steroid dienone is 1. The minimum Gasteiger partial charge on any atom is -0.369 e. The number of halogens is 3. The first-order valence-corrected chi connectivity index (χ1v) is 9.38. The van der Waals surface area contributed by atoms with E-state index in [0.717, 1.165) is 43.5 Å². The Kier molecular flexibility index (Phi) is 4.98. The van der Waals surface area contributed by atoms with Crippen LogP contribution < -0.4 is 4.90 Å². The molecule has 28 heavy (non-hydrogen) atoms. The molecule has 146 valence electrons. The van der Waals surface area contributed by atoms with Gasteiger partial charge in [-0.25, -0.2) is 13.2 Å². The summed E-state index contributed by atoms with van der Waals surface area (Å²) in [5.74, 6) is -3.43. The van der Waals surface area contributed by atoms with Gasteiger partial charge >= 0.3 is 0 Å². The third-order valence-corrected chi connectivity index (χ3v) is 5.53. The first-order valence-electron chi connectivity index (χ1n) is 9.38. The van der Waals surface area contributed by atoms with Gasteiger partial charge < -0.3 is 9.80 Å². The fourth-order valence-electron chi connectivity index (χ4n) is 3.80. The van der Waals surface area contributed by atoms with E-state index in [1.165, 1.54) is 6.08 Å². The second-order valence-corrected chi connectivity index (χ2v) is 7.42. The van der Waals surface area contributed by atoms with Crippen molar-refractivity contribution in [3.8, 4) is 0 Å². The molecule has 1 aliphatic heterocycles. The number of anilines is 1. The van der Waals surface area contributed by atoms with E-state index in [2.05, 4.69) is 22.9 Å². The van der Waals surface area contributed by atoms with Gasteiger partial charge in [-0.15, -0.1) is 0 Å². The number of nitrogens with zero attached hydrogens (tertiary/aromatic N) is 2. The average Bonchev–Trinajstić information content (AvgIpc) is 2.68. The number of carbonyl (C=O) groups is 1. The molecule has 0 unspecified atom stereocenters. The van der Waals surface area contributed by atoms with Crippen LogP contribution >= 0.6 is 0 Å². The molecule has 0 aromatic heterocycles. The van der Waals surface area contributed by atoms with Crippen LogP contribution in [0, 0.1) is 17.5 Å². The van der Waals surface area contributed by atoms with E-state index < -0.39 is 17.5 Å². The van der Waals surface area contributed by atoms with Crippen molar-refractivity contribution in [3.05, 3.63) is 70.0 Å². The van der Waals surface area contributed by atoms with Crippen molar-refractivity contribution in [1.29, 1.82) is 0 Å². The van der Waals surface area contributed by atoms with E-state index in [0.29, 0.717) is 30.0 Å². The molecule has 3 nitrogen and oxygen atoms in total. The Hall–Kier alpha value is -2.60. The van der Waals surface area contributed by atoms with Crippen LogP contribution in [0.5, 0.6) is 0 Å². The smallest absolute Gasteiger partial charge is 0.189 e. The van der Waals surface area contributed by atoms with Gasteiger partial charge in [-0.3, -0.25) is 4.79 Å². The maximum Gasteiger partial charge on any atom is 0.189 e. The van der Waals surface area contributed by atoms with Crippen LogP contribution in [0.1, 0.15) is 27.9 Å². The molecule has 1 heterocycles. The van der Waals surface area contributed by atoms with E-state index in [1.807, 2.05) is 12.1 Å². The molecule has 4 rings (SSSR count). The van der Waals surface area contributed by atoms with Crippen LogP contribution in [0.4, 0.5) is 18.9 Å². The summed E-state index contributed by atoms with van der Waals surface area (Å²) in [7, 11) is 2.10. The van der Waals surface area contributed by atoms with E-state index >= 15 is 0 Å². The van der Waals surface area contributed by atoms with Crippen LogP contribution in [0.2, 0.25) is 0 Å². The standard InChI is InChI=1S/C22H21F3N2O/c1-26-6-8-27(9-7-26)17-4-5-18-14(11-17)2-3-15(22(18)28)10-16-12-20(24)21(25)13-19(16)23/h4-5,10-13H,2-3,6-9H2,1H3/b15-10+. The molecule has 1 saturated heterocycles. The van der Waals surface area contributed by atoms with Crippen LogP contribution in [0.25, 0.3) is 6.08 Å². The van der Waals surface area contributed by atoms with Gasteiger partial charge in [0.1, 0.15) is 5.82 Å². The molecule has 0 amide bonds. The van der Waals surface area contributed by atoms with E-state index in [9.17, 15) is 18.0 Å². The normalized spacial score (nSPS) is 19.2. The number of rotatable bonds is 2. The molecule has 0 spiro atoms. The van der Waals surface area contributed by atoms with Crippen molar-refractivity contribution in [3.63, 3.8) is 0 Å². The van der Waals surface area contributed by atoms with Gasteiger partial charge in [0.2, 0.25) is 0 Å². The number of aryl methyl sites for hydroxylation is 1. The second kappa shape index (κ2) is 7.43. The number of benzene rings is 2. The number of carbonyl (C=O) groups excluding carboxylic acids is 1. The van der Waals surface area contributed by atoms with Crippen LogP contribution in [0.3, 0.4) is 0 Å². The summed E-state index contributed by atoms with van der Waals surface area (Å²) in [5, 5.41) is 0. The first kappa shape index (κ1) is 18.7. The second-order valence-electron chi connectivity index (χ2n) is 7.42. The van der Waals surface area contributed by atoms with Crippen LogP contribution in [0.15, 0.2) is 35.9 Å². The zero-order valence-corrected chi connectivity index (χ0v) is 15.6. The van der Waals surface area contributed by atoms with Gasteiger partial charge in [-0.2, -0.15) is 0 Å². The number of likely N-dealkylation sites (N-methyl/N-ethyl adjacent to an activating group) is 1. The highest BCUT2D eigenvalue weighted by Crippen LogP contribution is 2.31. The van der Waals surface area contributed by atoms with Crippen molar-refractivity contribution in [1.82, 2.24) is 4.90 Å². The summed E-state index contributed by atoms with van der Waals surface area (Å²) in [6, 6.07) is 7.12. The molecular weight excluding hydrogens is 365 g/mol. The Balaban J connectivity index is 1.60. The molecule has 0 radical (unpaired) electrons. The highest BCUT2D eigenvalue weighted by molar-refractivity contribution is 6.13. The van der Waals surface area contributed by atoms with E-state index in [4.69, 9.17) is 0 Å². The average molecular weight is 386 g/mol. The summed E-state index contributed by atoms with van der Waals surface area (Å²) < 4.78 is 40.5. The number of Topliss-reactive ketones (excluding diaryl/α,β-unsaturated/α-hetero) is 1. The summed E-state index contributed by atoms with van der Waals surface area (Å²) in [4.78, 5) is 17.4. The molecule has 1 fully saturated rings. The van der Waals surface area contributed by atoms with Gasteiger partial charge in [0.05, 0.1) is 0 Å². The van der Waals surface area contributed by atoms with Crippen molar-refractivity contribution in [2.24, 2.45) is 0 Å². The molecule has 2 aromatic carbocycles. The molecule has 1 aliphatic carbocycles. The number of fused-ring (bicyclic) bond motifs is 1. The van der Waals surface area contributed by atoms with Gasteiger partial charge in [0.25, 0.3) is 0 Å². The summed E-state index contributed by atoms with van der Waals surface area (Å²) in [6.07, 6.45) is 2.42. The number of hydrogen-bond acceptors (Lipinski definition) is 3. The van der Waals surface area contributed by atoms with Crippen molar-refractivity contribution >= 4 is 17.5 Å². The highest BCUT2D eigenvalue weighted by Gasteiger charge is 2.24. The monoisotopic (exact) mass is 386 g/mol. The van der Waals surface area contributed by atoms with E-state index in [-0.39, 0.29) is 11.3 Å². The molecule has 0 bridgehead atoms. The topological polar surface area (TPSA) is 23.6 Å². The van der Waals surface area contributed by atoms with Crippen LogP contribution in [-0.2, 0) is 6.42 Å². The minimum atomic E-state index is -1.24. The Morgan fingerprint density at radius 3 is 2.36 bits per heavy atom. The van der Waals surface area contributed by atoms with Gasteiger partial charge in [-0.05, 0) is 55.8 Å². The molecular formula is C22H21F3N2O. The summed E-state index contributed by atoms with van der Waals surface area (Å²) in [5.41, 5.74) is 2.98.